The van der Waals surface area contributed by atoms with E-state index in [-0.39, 0.29) is 22.4 Å². The SMILES string of the molecule is Cc1nc(NN)nc(Sc2ncccc2Cl)c1[N+](=O)[O-]. The number of anilines is 1. The standard InChI is InChI=1S/C10H9ClN6O2S/c1-5-7(17(18)19)9(15-10(14-5)16-12)20-8-6(11)3-2-4-13-8/h2-4H,12H2,1H3,(H,14,15,16). The molecule has 8 nitrogen and oxygen atoms in total. The van der Waals surface area contributed by atoms with E-state index in [9.17, 15) is 10.1 Å². The quantitative estimate of drug-likeness (QED) is 0.381. The second-order valence-corrected chi connectivity index (χ2v) is 4.96. The lowest BCUT2D eigenvalue weighted by molar-refractivity contribution is -0.389. The molecule has 0 spiro atoms. The number of hydrogen-bond acceptors (Lipinski definition) is 8. The van der Waals surface area contributed by atoms with E-state index in [0.717, 1.165) is 11.8 Å². The van der Waals surface area contributed by atoms with Crippen LogP contribution in [0, 0.1) is 17.0 Å². The van der Waals surface area contributed by atoms with Crippen LogP contribution in [-0.2, 0) is 0 Å². The lowest BCUT2D eigenvalue weighted by atomic mass is 10.4. The van der Waals surface area contributed by atoms with Gasteiger partial charge < -0.3 is 0 Å². The molecule has 2 aromatic heterocycles. The van der Waals surface area contributed by atoms with E-state index in [1.54, 1.807) is 12.1 Å². The van der Waals surface area contributed by atoms with Crippen LogP contribution in [0.3, 0.4) is 0 Å². The van der Waals surface area contributed by atoms with Crippen molar-refractivity contribution in [2.45, 2.75) is 17.0 Å². The van der Waals surface area contributed by atoms with Crippen LogP contribution >= 0.6 is 23.4 Å². The Bertz CT molecular complexity index is 668. The van der Waals surface area contributed by atoms with E-state index in [1.165, 1.54) is 13.1 Å². The third-order valence-corrected chi connectivity index (χ3v) is 3.67. The first-order valence-corrected chi connectivity index (χ1v) is 6.50. The molecule has 0 fully saturated rings. The molecule has 0 unspecified atom stereocenters. The van der Waals surface area contributed by atoms with Gasteiger partial charge in [0.2, 0.25) is 5.95 Å². The minimum absolute atomic E-state index is 0.0858. The van der Waals surface area contributed by atoms with E-state index in [2.05, 4.69) is 20.4 Å². The molecule has 0 aliphatic heterocycles. The van der Waals surface area contributed by atoms with E-state index in [0.29, 0.717) is 10.0 Å². The van der Waals surface area contributed by atoms with Crippen molar-refractivity contribution >= 4 is 35.0 Å². The molecule has 10 heteroatoms. The zero-order valence-electron chi connectivity index (χ0n) is 10.2. The van der Waals surface area contributed by atoms with Gasteiger partial charge in [-0.3, -0.25) is 15.5 Å². The van der Waals surface area contributed by atoms with Gasteiger partial charge in [-0.1, -0.05) is 11.6 Å². The minimum Gasteiger partial charge on any atom is -0.292 e. The molecule has 0 radical (unpaired) electrons. The summed E-state index contributed by atoms with van der Waals surface area (Å²) in [4.78, 5) is 22.5. The van der Waals surface area contributed by atoms with Gasteiger partial charge in [-0.25, -0.2) is 15.8 Å². The maximum Gasteiger partial charge on any atom is 0.322 e. The molecule has 0 aliphatic rings. The van der Waals surface area contributed by atoms with Gasteiger partial charge in [0.15, 0.2) is 5.03 Å². The van der Waals surface area contributed by atoms with Crippen molar-refractivity contribution in [3.05, 3.63) is 39.2 Å². The zero-order valence-corrected chi connectivity index (χ0v) is 11.8. The van der Waals surface area contributed by atoms with Crippen molar-refractivity contribution < 1.29 is 4.92 Å². The van der Waals surface area contributed by atoms with Gasteiger partial charge in [0, 0.05) is 6.20 Å². The molecule has 0 amide bonds. The average molecular weight is 313 g/mol. The summed E-state index contributed by atoms with van der Waals surface area (Å²) in [5, 5.41) is 12.0. The lowest BCUT2D eigenvalue weighted by Crippen LogP contribution is -2.12. The van der Waals surface area contributed by atoms with Gasteiger partial charge in [0.25, 0.3) is 0 Å². The summed E-state index contributed by atoms with van der Waals surface area (Å²) in [6.07, 6.45) is 1.54. The molecule has 0 atom stereocenters. The van der Waals surface area contributed by atoms with E-state index < -0.39 is 4.92 Å². The highest BCUT2D eigenvalue weighted by molar-refractivity contribution is 7.99. The number of pyridine rings is 1. The van der Waals surface area contributed by atoms with Crippen LogP contribution in [-0.4, -0.2) is 19.9 Å². The topological polar surface area (TPSA) is 120 Å². The third-order valence-electron chi connectivity index (χ3n) is 2.26. The number of nitro groups is 1. The average Bonchev–Trinajstić information content (AvgIpc) is 2.40. The Labute approximate surface area is 122 Å². The van der Waals surface area contributed by atoms with Crippen LogP contribution in [0.5, 0.6) is 0 Å². The monoisotopic (exact) mass is 312 g/mol. The summed E-state index contributed by atoms with van der Waals surface area (Å²) in [7, 11) is 0. The molecule has 20 heavy (non-hydrogen) atoms. The fourth-order valence-corrected chi connectivity index (χ4v) is 2.58. The molecule has 0 aromatic carbocycles. The zero-order chi connectivity index (χ0) is 14.7. The summed E-state index contributed by atoms with van der Waals surface area (Å²) >= 11 is 6.96. The van der Waals surface area contributed by atoms with Crippen molar-refractivity contribution in [2.75, 3.05) is 5.43 Å². The van der Waals surface area contributed by atoms with E-state index in [1.807, 2.05) is 0 Å². The Morgan fingerprint density at radius 2 is 2.20 bits per heavy atom. The number of aryl methyl sites for hydroxylation is 1. The van der Waals surface area contributed by atoms with Crippen LogP contribution < -0.4 is 11.3 Å². The van der Waals surface area contributed by atoms with Crippen molar-refractivity contribution in [1.82, 2.24) is 15.0 Å². The summed E-state index contributed by atoms with van der Waals surface area (Å²) in [5.74, 6) is 5.33. The normalized spacial score (nSPS) is 10.3. The van der Waals surface area contributed by atoms with Gasteiger partial charge in [0.05, 0.1) is 9.95 Å². The second-order valence-electron chi connectivity index (χ2n) is 3.58. The third kappa shape index (κ3) is 2.95. The van der Waals surface area contributed by atoms with Gasteiger partial charge >= 0.3 is 5.69 Å². The van der Waals surface area contributed by atoms with Crippen molar-refractivity contribution in [3.8, 4) is 0 Å². The molecular formula is C10H9ClN6O2S. The summed E-state index contributed by atoms with van der Waals surface area (Å²) < 4.78 is 0. The first kappa shape index (κ1) is 14.4. The number of nitrogens with two attached hydrogens (primary N) is 1. The first-order valence-electron chi connectivity index (χ1n) is 5.31. The Kier molecular flexibility index (Phi) is 4.32. The molecular weight excluding hydrogens is 304 g/mol. The summed E-state index contributed by atoms with van der Waals surface area (Å²) in [5.41, 5.74) is 2.27. The molecule has 2 heterocycles. The van der Waals surface area contributed by atoms with Gasteiger partial charge in [-0.2, -0.15) is 4.98 Å². The highest BCUT2D eigenvalue weighted by Crippen LogP contribution is 2.36. The fraction of sp³-hybridized carbons (Fsp3) is 0.100. The summed E-state index contributed by atoms with van der Waals surface area (Å²) in [6.45, 7) is 1.50. The van der Waals surface area contributed by atoms with Gasteiger partial charge in [0.1, 0.15) is 10.7 Å². The number of hydrogen-bond donors (Lipinski definition) is 2. The van der Waals surface area contributed by atoms with Crippen LogP contribution in [0.2, 0.25) is 5.02 Å². The predicted molar refractivity (Wildman–Crippen MR) is 74.6 cm³/mol. The second kappa shape index (κ2) is 5.99. The molecule has 2 aromatic rings. The number of nitrogens with zero attached hydrogens (tertiary/aromatic N) is 4. The number of halogens is 1. The van der Waals surface area contributed by atoms with Crippen LogP contribution in [0.15, 0.2) is 28.4 Å². The largest absolute Gasteiger partial charge is 0.322 e. The van der Waals surface area contributed by atoms with Gasteiger partial charge in [-0.15, -0.1) is 0 Å². The summed E-state index contributed by atoms with van der Waals surface area (Å²) in [6, 6.07) is 3.30. The van der Waals surface area contributed by atoms with Crippen LogP contribution in [0.25, 0.3) is 0 Å². The molecule has 0 saturated carbocycles. The number of nitrogen functional groups attached to an aromatic ring is 1. The molecule has 2 rings (SSSR count). The molecule has 0 aliphatic carbocycles. The molecule has 0 saturated heterocycles. The lowest BCUT2D eigenvalue weighted by Gasteiger charge is -2.07. The number of hydrazine groups is 1. The maximum absolute atomic E-state index is 11.1. The van der Waals surface area contributed by atoms with E-state index in [4.69, 9.17) is 17.4 Å². The maximum atomic E-state index is 11.1. The fourth-order valence-electron chi connectivity index (χ4n) is 1.42. The molecule has 3 N–H and O–H groups in total. The Morgan fingerprint density at radius 1 is 1.45 bits per heavy atom. The predicted octanol–water partition coefficient (Wildman–Crippen LogP) is 2.18. The molecule has 0 bridgehead atoms. The Balaban J connectivity index is 2.52. The highest BCUT2D eigenvalue weighted by Gasteiger charge is 2.23. The van der Waals surface area contributed by atoms with Crippen molar-refractivity contribution in [1.29, 1.82) is 0 Å². The number of rotatable bonds is 4. The highest BCUT2D eigenvalue weighted by atomic mass is 35.5. The van der Waals surface area contributed by atoms with Crippen molar-refractivity contribution in [2.24, 2.45) is 5.84 Å². The van der Waals surface area contributed by atoms with Crippen LogP contribution in [0.1, 0.15) is 5.69 Å². The number of aromatic nitrogens is 3. The minimum atomic E-state index is -0.547. The van der Waals surface area contributed by atoms with E-state index >= 15 is 0 Å². The Morgan fingerprint density at radius 3 is 2.80 bits per heavy atom. The Hall–Kier alpha value is -1.97. The van der Waals surface area contributed by atoms with Gasteiger partial charge in [-0.05, 0) is 30.8 Å². The first-order chi connectivity index (χ1) is 9.52. The van der Waals surface area contributed by atoms with Crippen molar-refractivity contribution in [3.63, 3.8) is 0 Å². The molecule has 104 valence electrons. The smallest absolute Gasteiger partial charge is 0.292 e. The number of nitrogens with one attached hydrogen (secondary N) is 1. The van der Waals surface area contributed by atoms with Crippen LogP contribution in [0.4, 0.5) is 11.6 Å².